The molecule has 0 spiro atoms. The van der Waals surface area contributed by atoms with E-state index in [2.05, 4.69) is 0 Å². The maximum absolute atomic E-state index is 8.76. The van der Waals surface area contributed by atoms with E-state index in [-0.39, 0.29) is 31.0 Å². The second kappa shape index (κ2) is 12.2. The Kier molecular flexibility index (Phi) is 22.8. The molecule has 0 fully saturated rings. The Hall–Kier alpha value is 1.48. The Labute approximate surface area is 83.8 Å². The number of rotatable bonds is 0. The van der Waals surface area contributed by atoms with Crippen molar-refractivity contribution in [2.24, 2.45) is 0 Å². The van der Waals surface area contributed by atoms with E-state index >= 15 is 0 Å². The first kappa shape index (κ1) is 16.8. The standard InChI is InChI=1S/Na.2H2O3Se.H/c;2*1-4(2)3;/h;2*(H2,1,2,3);/q+1;;;-1. The fourth-order valence-electron chi connectivity index (χ4n) is 0. The molecule has 0 radical (unpaired) electrons. The molecule has 4 N–H and O–H groups in total. The summed E-state index contributed by atoms with van der Waals surface area (Å²) in [4.78, 5) is 0. The van der Waals surface area contributed by atoms with Gasteiger partial charge in [0.25, 0.3) is 0 Å². The third-order valence-corrected chi connectivity index (χ3v) is 0. The normalized spacial score (nSPS) is 7.78. The number of hydrogen-bond donors (Lipinski definition) is 4. The molecule has 0 rings (SSSR count). The minimum Gasteiger partial charge on any atom is -1.00 e. The summed E-state index contributed by atoms with van der Waals surface area (Å²) in [7, 11) is 0. The van der Waals surface area contributed by atoms with Gasteiger partial charge in [0.05, 0.1) is 0 Å². The Morgan fingerprint density at radius 1 is 0.889 bits per heavy atom. The summed E-state index contributed by atoms with van der Waals surface area (Å²) in [5.74, 6) is 0. The molecule has 0 aromatic rings. The summed E-state index contributed by atoms with van der Waals surface area (Å²) in [5.41, 5.74) is 0. The average Bonchev–Trinajstić information content (AvgIpc) is 1.25. The van der Waals surface area contributed by atoms with Crippen molar-refractivity contribution in [2.45, 2.75) is 0 Å². The molecule has 0 heterocycles. The van der Waals surface area contributed by atoms with Gasteiger partial charge < -0.3 is 1.43 Å². The molecule has 0 atom stereocenters. The molecular weight excluding hydrogens is 277 g/mol. The largest absolute Gasteiger partial charge is 1.00 e. The molecular formula is H5NaO6Se2. The van der Waals surface area contributed by atoms with Gasteiger partial charge in [-0.05, 0) is 0 Å². The van der Waals surface area contributed by atoms with Crippen molar-refractivity contribution in [3.8, 4) is 0 Å². The second-order valence-corrected chi connectivity index (χ2v) is 2.40. The van der Waals surface area contributed by atoms with Gasteiger partial charge >= 0.3 is 83.0 Å². The maximum Gasteiger partial charge on any atom is 1.00 e. The van der Waals surface area contributed by atoms with Gasteiger partial charge in [-0.1, -0.05) is 0 Å². The summed E-state index contributed by atoms with van der Waals surface area (Å²) in [6, 6.07) is 0. The van der Waals surface area contributed by atoms with Gasteiger partial charge in [-0.15, -0.1) is 0 Å². The first-order valence-electron chi connectivity index (χ1n) is 1.06. The fourth-order valence-corrected chi connectivity index (χ4v) is 0. The van der Waals surface area contributed by atoms with Gasteiger partial charge in [0.1, 0.15) is 0 Å². The maximum atomic E-state index is 8.76. The monoisotopic (exact) mass is 284 g/mol. The van der Waals surface area contributed by atoms with Crippen molar-refractivity contribution in [3.05, 3.63) is 0 Å². The van der Waals surface area contributed by atoms with E-state index in [1.165, 1.54) is 0 Å². The predicted molar refractivity (Wildman–Crippen MR) is 22.9 cm³/mol. The molecule has 0 aliphatic heterocycles. The van der Waals surface area contributed by atoms with Crippen LogP contribution in [0.1, 0.15) is 1.43 Å². The van der Waals surface area contributed by atoms with Crippen molar-refractivity contribution in [2.75, 3.05) is 0 Å². The van der Waals surface area contributed by atoms with Crippen LogP contribution in [-0.2, 0) is 7.67 Å². The van der Waals surface area contributed by atoms with E-state index in [1.807, 2.05) is 0 Å². The average molecular weight is 282 g/mol. The van der Waals surface area contributed by atoms with Crippen molar-refractivity contribution >= 4 is 29.0 Å². The molecule has 54 valence electrons. The third-order valence-electron chi connectivity index (χ3n) is 0. The molecule has 9 heteroatoms. The van der Waals surface area contributed by atoms with Crippen LogP contribution in [0.25, 0.3) is 0 Å². The topological polar surface area (TPSA) is 115 Å². The number of hydrogen-bond acceptors (Lipinski definition) is 2. The van der Waals surface area contributed by atoms with Crippen molar-refractivity contribution < 1.29 is 55.4 Å². The van der Waals surface area contributed by atoms with Crippen LogP contribution in [0.5, 0.6) is 0 Å². The van der Waals surface area contributed by atoms with Gasteiger partial charge in [-0.25, -0.2) is 0 Å². The minimum absolute atomic E-state index is 0. The third kappa shape index (κ3) is 242. The second-order valence-electron chi connectivity index (χ2n) is 0.461. The molecule has 0 aliphatic carbocycles. The zero-order chi connectivity index (χ0) is 7.15. The molecule has 0 bridgehead atoms. The molecule has 0 unspecified atom stereocenters. The van der Waals surface area contributed by atoms with Crippen molar-refractivity contribution in [3.63, 3.8) is 0 Å². The SMILES string of the molecule is O=[Se](O)O.O=[Se](O)O.[H-].[Na+]. The van der Waals surface area contributed by atoms with Crippen LogP contribution in [0.15, 0.2) is 0 Å². The fraction of sp³-hybridized carbons (Fsp3) is 0. The summed E-state index contributed by atoms with van der Waals surface area (Å²) in [5, 5.41) is 0. The van der Waals surface area contributed by atoms with Crippen LogP contribution in [-0.4, -0.2) is 45.7 Å². The van der Waals surface area contributed by atoms with Crippen molar-refractivity contribution in [1.29, 1.82) is 0 Å². The van der Waals surface area contributed by atoms with Gasteiger partial charge in [-0.2, -0.15) is 0 Å². The van der Waals surface area contributed by atoms with Crippen LogP contribution in [0.3, 0.4) is 0 Å². The first-order chi connectivity index (χ1) is 3.46. The molecule has 6 nitrogen and oxygen atoms in total. The van der Waals surface area contributed by atoms with Crippen LogP contribution in [0.4, 0.5) is 0 Å². The Morgan fingerprint density at radius 3 is 0.889 bits per heavy atom. The van der Waals surface area contributed by atoms with Crippen molar-refractivity contribution in [1.82, 2.24) is 0 Å². The van der Waals surface area contributed by atoms with E-state index in [0.29, 0.717) is 0 Å². The van der Waals surface area contributed by atoms with Gasteiger partial charge in [-0.3, -0.25) is 0 Å². The van der Waals surface area contributed by atoms with Gasteiger partial charge in [0.2, 0.25) is 0 Å². The molecule has 0 aromatic carbocycles. The summed E-state index contributed by atoms with van der Waals surface area (Å²) in [6.07, 6.45) is 0. The zero-order valence-corrected chi connectivity index (χ0v) is 9.85. The van der Waals surface area contributed by atoms with E-state index < -0.39 is 29.0 Å². The van der Waals surface area contributed by atoms with Gasteiger partial charge in [0, 0.05) is 0 Å². The Balaban J connectivity index is -0.0000000300. The van der Waals surface area contributed by atoms with E-state index in [1.54, 1.807) is 0 Å². The molecule has 0 aromatic heterocycles. The van der Waals surface area contributed by atoms with E-state index in [0.717, 1.165) is 0 Å². The molecule has 0 aliphatic rings. The molecule has 0 saturated heterocycles. The van der Waals surface area contributed by atoms with Crippen LogP contribution < -0.4 is 29.6 Å². The van der Waals surface area contributed by atoms with Crippen LogP contribution >= 0.6 is 0 Å². The van der Waals surface area contributed by atoms with Gasteiger partial charge in [0.15, 0.2) is 0 Å². The Morgan fingerprint density at radius 2 is 0.889 bits per heavy atom. The smallest absolute Gasteiger partial charge is 1.00 e. The van der Waals surface area contributed by atoms with E-state index in [9.17, 15) is 0 Å². The predicted octanol–water partition coefficient (Wildman–Crippen LogP) is -6.11. The zero-order valence-electron chi connectivity index (χ0n) is 5.42. The first-order valence-corrected chi connectivity index (χ1v) is 5.53. The molecule has 0 amide bonds. The summed E-state index contributed by atoms with van der Waals surface area (Å²) < 4.78 is 46.2. The Bertz CT molecular complexity index is 73.7. The quantitative estimate of drug-likeness (QED) is 0.329. The van der Waals surface area contributed by atoms with E-state index in [4.69, 9.17) is 24.4 Å². The molecule has 9 heavy (non-hydrogen) atoms. The van der Waals surface area contributed by atoms with Crippen LogP contribution in [0, 0.1) is 0 Å². The minimum atomic E-state index is -3.29. The van der Waals surface area contributed by atoms with Crippen LogP contribution in [0.2, 0.25) is 0 Å². The summed E-state index contributed by atoms with van der Waals surface area (Å²) in [6.45, 7) is 0. The summed E-state index contributed by atoms with van der Waals surface area (Å²) >= 11 is -6.58. The molecule has 0 saturated carbocycles.